The fourth-order valence-electron chi connectivity index (χ4n) is 3.67. The van der Waals surface area contributed by atoms with Gasteiger partial charge in [-0.1, -0.05) is 52.3 Å². The monoisotopic (exact) mass is 450 g/mol. The number of halogens is 1. The van der Waals surface area contributed by atoms with Crippen LogP contribution in [0.15, 0.2) is 59.1 Å². The molecule has 28 heavy (non-hydrogen) atoms. The summed E-state index contributed by atoms with van der Waals surface area (Å²) in [7, 11) is 1.66. The second kappa shape index (κ2) is 6.72. The first-order chi connectivity index (χ1) is 13.7. The summed E-state index contributed by atoms with van der Waals surface area (Å²) in [5.41, 5.74) is 3.73. The second-order valence-electron chi connectivity index (χ2n) is 6.55. The molecule has 1 heterocycles. The van der Waals surface area contributed by atoms with Crippen LogP contribution < -0.4 is 10.1 Å². The molecule has 6 heteroatoms. The minimum atomic E-state index is -0.148. The van der Waals surface area contributed by atoms with Gasteiger partial charge in [0.15, 0.2) is 5.13 Å². The number of fused-ring (bicyclic) bond motifs is 4. The van der Waals surface area contributed by atoms with Crippen molar-refractivity contribution in [2.75, 3.05) is 12.4 Å². The van der Waals surface area contributed by atoms with Crippen LogP contribution in [-0.2, 0) is 6.42 Å². The van der Waals surface area contributed by atoms with E-state index in [9.17, 15) is 4.79 Å². The quantitative estimate of drug-likeness (QED) is 0.372. The molecule has 3 aromatic carbocycles. The third-order valence-corrected chi connectivity index (χ3v) is 6.68. The Kier molecular flexibility index (Phi) is 4.18. The van der Waals surface area contributed by atoms with E-state index in [2.05, 4.69) is 21.2 Å². The molecule has 4 aromatic rings. The molecule has 0 spiro atoms. The molecule has 0 saturated carbocycles. The van der Waals surface area contributed by atoms with E-state index in [1.165, 1.54) is 16.9 Å². The van der Waals surface area contributed by atoms with Crippen molar-refractivity contribution in [3.05, 3.63) is 75.1 Å². The lowest BCUT2D eigenvalue weighted by Gasteiger charge is -2.09. The highest BCUT2D eigenvalue weighted by Crippen LogP contribution is 2.48. The molecule has 138 valence electrons. The van der Waals surface area contributed by atoms with Crippen LogP contribution in [0.4, 0.5) is 5.13 Å². The number of anilines is 1. The second-order valence-corrected chi connectivity index (χ2v) is 8.49. The Morgan fingerprint density at radius 3 is 2.82 bits per heavy atom. The number of methoxy groups -OCH3 is 1. The summed E-state index contributed by atoms with van der Waals surface area (Å²) in [6, 6.07) is 17.6. The van der Waals surface area contributed by atoms with Gasteiger partial charge in [-0.25, -0.2) is 4.98 Å². The number of carbonyl (C=O) groups excluding carboxylic acids is 1. The molecule has 4 nitrogen and oxygen atoms in total. The van der Waals surface area contributed by atoms with E-state index in [1.54, 1.807) is 7.11 Å². The number of rotatable bonds is 3. The summed E-state index contributed by atoms with van der Waals surface area (Å²) in [5, 5.41) is 5.56. The Labute approximate surface area is 174 Å². The molecule has 1 aliphatic rings. The van der Waals surface area contributed by atoms with Crippen molar-refractivity contribution < 1.29 is 9.53 Å². The average molecular weight is 451 g/mol. The summed E-state index contributed by atoms with van der Waals surface area (Å²) in [5.74, 6) is 0.653. The zero-order chi connectivity index (χ0) is 19.3. The standard InChI is InChI=1S/C22H15BrN2O2S/c1-27-17-10-9-16(23)15-11-18-20(19(15)17)24-22(28-18)25-21(26)14-8-4-6-12-5-2-3-7-13(12)14/h2-10H,11H2,1H3,(H,24,25,26). The number of thiazole rings is 1. The fourth-order valence-corrected chi connectivity index (χ4v) is 5.12. The van der Waals surface area contributed by atoms with Crippen LogP contribution in [-0.4, -0.2) is 18.0 Å². The normalized spacial score (nSPS) is 11.9. The highest BCUT2D eigenvalue weighted by molar-refractivity contribution is 9.10. The van der Waals surface area contributed by atoms with Gasteiger partial charge in [0.1, 0.15) is 5.75 Å². The van der Waals surface area contributed by atoms with Crippen LogP contribution in [0.25, 0.3) is 22.0 Å². The largest absolute Gasteiger partial charge is 0.496 e. The van der Waals surface area contributed by atoms with E-state index >= 15 is 0 Å². The number of hydrogen-bond donors (Lipinski definition) is 1. The van der Waals surface area contributed by atoms with Crippen LogP contribution in [0.3, 0.4) is 0 Å². The van der Waals surface area contributed by atoms with Crippen molar-refractivity contribution in [2.45, 2.75) is 6.42 Å². The molecular formula is C22H15BrN2O2S. The van der Waals surface area contributed by atoms with Crippen LogP contribution in [0.2, 0.25) is 0 Å². The topological polar surface area (TPSA) is 51.2 Å². The van der Waals surface area contributed by atoms with Crippen LogP contribution in [0.1, 0.15) is 20.8 Å². The summed E-state index contributed by atoms with van der Waals surface area (Å²) in [6.07, 6.45) is 0.782. The molecule has 0 unspecified atom stereocenters. The molecule has 0 fully saturated rings. The lowest BCUT2D eigenvalue weighted by molar-refractivity contribution is 0.102. The number of ether oxygens (including phenoxy) is 1. The Morgan fingerprint density at radius 1 is 1.14 bits per heavy atom. The number of amides is 1. The Hall–Kier alpha value is -2.70. The van der Waals surface area contributed by atoms with Crippen molar-refractivity contribution in [1.82, 2.24) is 4.98 Å². The number of benzene rings is 3. The van der Waals surface area contributed by atoms with Gasteiger partial charge in [0.05, 0.1) is 12.8 Å². The molecule has 0 atom stereocenters. The van der Waals surface area contributed by atoms with E-state index in [0.717, 1.165) is 43.6 Å². The summed E-state index contributed by atoms with van der Waals surface area (Å²) in [6.45, 7) is 0. The zero-order valence-corrected chi connectivity index (χ0v) is 17.4. The summed E-state index contributed by atoms with van der Waals surface area (Å²) >= 11 is 5.13. The van der Waals surface area contributed by atoms with Gasteiger partial charge in [-0.2, -0.15) is 0 Å². The molecule has 1 amide bonds. The van der Waals surface area contributed by atoms with Crippen LogP contribution >= 0.6 is 27.3 Å². The van der Waals surface area contributed by atoms with E-state index in [4.69, 9.17) is 9.72 Å². The van der Waals surface area contributed by atoms with Gasteiger partial charge in [-0.3, -0.25) is 10.1 Å². The third-order valence-electron chi connectivity index (χ3n) is 4.96. The van der Waals surface area contributed by atoms with Gasteiger partial charge in [-0.05, 0) is 34.5 Å². The lowest BCUT2D eigenvalue weighted by atomic mass is 10.0. The predicted molar refractivity (Wildman–Crippen MR) is 117 cm³/mol. The maximum Gasteiger partial charge on any atom is 0.258 e. The van der Waals surface area contributed by atoms with Gasteiger partial charge < -0.3 is 4.74 Å². The fraction of sp³-hybridized carbons (Fsp3) is 0.0909. The van der Waals surface area contributed by atoms with Crippen LogP contribution in [0.5, 0.6) is 5.75 Å². The number of carbonyl (C=O) groups is 1. The highest BCUT2D eigenvalue weighted by Gasteiger charge is 2.29. The number of nitrogens with one attached hydrogen (secondary N) is 1. The van der Waals surface area contributed by atoms with Crippen LogP contribution in [0, 0.1) is 0 Å². The Balaban J connectivity index is 1.50. The molecule has 1 aromatic heterocycles. The summed E-state index contributed by atoms with van der Waals surface area (Å²) in [4.78, 5) is 18.7. The molecule has 0 radical (unpaired) electrons. The molecule has 0 saturated heterocycles. The minimum absolute atomic E-state index is 0.148. The van der Waals surface area contributed by atoms with Gasteiger partial charge in [0.2, 0.25) is 0 Å². The van der Waals surface area contributed by atoms with Gasteiger partial charge >= 0.3 is 0 Å². The highest BCUT2D eigenvalue weighted by atomic mass is 79.9. The third kappa shape index (κ3) is 2.72. The molecular weight excluding hydrogens is 436 g/mol. The van der Waals surface area contributed by atoms with Crippen molar-refractivity contribution in [2.24, 2.45) is 0 Å². The van der Waals surface area contributed by atoms with E-state index in [-0.39, 0.29) is 5.91 Å². The first kappa shape index (κ1) is 17.4. The number of hydrogen-bond acceptors (Lipinski definition) is 4. The van der Waals surface area contributed by atoms with Crippen molar-refractivity contribution in [3.8, 4) is 17.0 Å². The molecule has 0 aliphatic heterocycles. The van der Waals surface area contributed by atoms with Gasteiger partial charge in [0.25, 0.3) is 5.91 Å². The van der Waals surface area contributed by atoms with Crippen molar-refractivity contribution >= 4 is 49.1 Å². The zero-order valence-electron chi connectivity index (χ0n) is 15.0. The number of aromatic nitrogens is 1. The molecule has 1 N–H and O–H groups in total. The van der Waals surface area contributed by atoms with E-state index in [0.29, 0.717) is 10.7 Å². The molecule has 1 aliphatic carbocycles. The molecule has 5 rings (SSSR count). The minimum Gasteiger partial charge on any atom is -0.496 e. The first-order valence-corrected chi connectivity index (χ1v) is 10.4. The van der Waals surface area contributed by atoms with Gasteiger partial charge in [-0.15, -0.1) is 11.3 Å². The number of nitrogens with zero attached hydrogens (tertiary/aromatic N) is 1. The SMILES string of the molecule is COc1ccc(Br)c2c1-c1nc(NC(=O)c3cccc4ccccc34)sc1C2. The average Bonchev–Trinajstić information content (AvgIpc) is 3.26. The Morgan fingerprint density at radius 2 is 1.96 bits per heavy atom. The lowest BCUT2D eigenvalue weighted by Crippen LogP contribution is -2.12. The smallest absolute Gasteiger partial charge is 0.258 e. The van der Waals surface area contributed by atoms with Gasteiger partial charge in [0, 0.05) is 26.9 Å². The maximum atomic E-state index is 12.9. The van der Waals surface area contributed by atoms with Crippen molar-refractivity contribution in [1.29, 1.82) is 0 Å². The maximum absolute atomic E-state index is 12.9. The summed E-state index contributed by atoms with van der Waals surface area (Å²) < 4.78 is 6.58. The predicted octanol–water partition coefficient (Wildman–Crippen LogP) is 5.89. The first-order valence-electron chi connectivity index (χ1n) is 8.80. The molecule has 0 bridgehead atoms. The van der Waals surface area contributed by atoms with Crippen molar-refractivity contribution in [3.63, 3.8) is 0 Å². The van der Waals surface area contributed by atoms with E-state index < -0.39 is 0 Å². The Bertz CT molecular complexity index is 1240. The van der Waals surface area contributed by atoms with E-state index in [1.807, 2.05) is 54.6 Å².